The predicted molar refractivity (Wildman–Crippen MR) is 66.8 cm³/mol. The third-order valence-corrected chi connectivity index (χ3v) is 3.53. The van der Waals surface area contributed by atoms with Crippen molar-refractivity contribution in [2.24, 2.45) is 5.92 Å². The fourth-order valence-corrected chi connectivity index (χ4v) is 2.37. The molecule has 1 aromatic carbocycles. The highest BCUT2D eigenvalue weighted by molar-refractivity contribution is 5.34. The first-order chi connectivity index (χ1) is 8.24. The molecular formula is C14H20FNO. The number of halogens is 1. The van der Waals surface area contributed by atoms with Crippen molar-refractivity contribution >= 4 is 0 Å². The van der Waals surface area contributed by atoms with Gasteiger partial charge in [0, 0.05) is 6.04 Å². The van der Waals surface area contributed by atoms with E-state index in [4.69, 9.17) is 4.74 Å². The molecule has 1 atom stereocenters. The Morgan fingerprint density at radius 1 is 1.47 bits per heavy atom. The Bertz CT molecular complexity index is 376. The molecule has 2 nitrogen and oxygen atoms in total. The van der Waals surface area contributed by atoms with E-state index in [1.807, 2.05) is 7.05 Å². The molecule has 1 saturated carbocycles. The maximum Gasteiger partial charge on any atom is 0.123 e. The Hall–Kier alpha value is -1.09. The van der Waals surface area contributed by atoms with Gasteiger partial charge in [-0.15, -0.1) is 0 Å². The van der Waals surface area contributed by atoms with Gasteiger partial charge in [-0.25, -0.2) is 4.39 Å². The number of hydrogen-bond donors (Lipinski definition) is 1. The molecule has 0 radical (unpaired) electrons. The summed E-state index contributed by atoms with van der Waals surface area (Å²) in [7, 11) is 3.64. The first-order valence-corrected chi connectivity index (χ1v) is 6.24. The van der Waals surface area contributed by atoms with E-state index >= 15 is 0 Å². The average Bonchev–Trinajstić information content (AvgIpc) is 3.14. The summed E-state index contributed by atoms with van der Waals surface area (Å²) in [6.45, 7) is 0. The van der Waals surface area contributed by atoms with Crippen LogP contribution in [0.5, 0.6) is 5.75 Å². The number of rotatable bonds is 6. The number of nitrogens with one attached hydrogen (secondary N) is 1. The quantitative estimate of drug-likeness (QED) is 0.821. The van der Waals surface area contributed by atoms with Gasteiger partial charge >= 0.3 is 0 Å². The Labute approximate surface area is 102 Å². The molecule has 0 spiro atoms. The van der Waals surface area contributed by atoms with E-state index in [0.717, 1.165) is 30.1 Å². The lowest BCUT2D eigenvalue weighted by Crippen LogP contribution is -2.27. The average molecular weight is 237 g/mol. The van der Waals surface area contributed by atoms with Gasteiger partial charge in [0.1, 0.15) is 11.6 Å². The lowest BCUT2D eigenvalue weighted by atomic mass is 10.0. The molecule has 1 unspecified atom stereocenters. The standard InChI is InChI=1S/C14H20FNO/c1-16-13(10-3-4-10)7-5-11-9-12(15)6-8-14(11)17-2/h6,8-10,13,16H,3-5,7H2,1-2H3. The summed E-state index contributed by atoms with van der Waals surface area (Å²) in [6, 6.07) is 5.29. The van der Waals surface area contributed by atoms with Gasteiger partial charge in [0.15, 0.2) is 0 Å². The molecule has 0 bridgehead atoms. The van der Waals surface area contributed by atoms with Crippen molar-refractivity contribution in [2.75, 3.05) is 14.2 Å². The predicted octanol–water partition coefficient (Wildman–Crippen LogP) is 2.76. The summed E-state index contributed by atoms with van der Waals surface area (Å²) in [5.74, 6) is 1.42. The minimum Gasteiger partial charge on any atom is -0.496 e. The summed E-state index contributed by atoms with van der Waals surface area (Å²) in [5.41, 5.74) is 0.966. The molecule has 0 aliphatic heterocycles. The van der Waals surface area contributed by atoms with Crippen LogP contribution in [-0.2, 0) is 6.42 Å². The SMILES string of the molecule is CNC(CCc1cc(F)ccc1OC)C1CC1. The minimum absolute atomic E-state index is 0.187. The fraction of sp³-hybridized carbons (Fsp3) is 0.571. The second-order valence-electron chi connectivity index (χ2n) is 4.73. The highest BCUT2D eigenvalue weighted by Crippen LogP contribution is 2.34. The number of benzene rings is 1. The van der Waals surface area contributed by atoms with Crippen LogP contribution in [-0.4, -0.2) is 20.2 Å². The van der Waals surface area contributed by atoms with Crippen molar-refractivity contribution in [2.45, 2.75) is 31.7 Å². The van der Waals surface area contributed by atoms with E-state index in [-0.39, 0.29) is 5.82 Å². The zero-order valence-corrected chi connectivity index (χ0v) is 10.5. The summed E-state index contributed by atoms with van der Waals surface area (Å²) in [6.07, 6.45) is 4.56. The molecule has 0 saturated heterocycles. The van der Waals surface area contributed by atoms with Gasteiger partial charge in [0.05, 0.1) is 7.11 Å². The van der Waals surface area contributed by atoms with Gasteiger partial charge in [-0.2, -0.15) is 0 Å². The monoisotopic (exact) mass is 237 g/mol. The molecule has 1 aliphatic carbocycles. The van der Waals surface area contributed by atoms with Gasteiger partial charge in [-0.05, 0) is 62.4 Å². The van der Waals surface area contributed by atoms with E-state index in [0.29, 0.717) is 6.04 Å². The Morgan fingerprint density at radius 3 is 2.82 bits per heavy atom. The van der Waals surface area contributed by atoms with Crippen molar-refractivity contribution in [3.63, 3.8) is 0 Å². The van der Waals surface area contributed by atoms with Crippen LogP contribution >= 0.6 is 0 Å². The summed E-state index contributed by atoms with van der Waals surface area (Å²) in [5, 5.41) is 3.35. The Balaban J connectivity index is 1.99. The van der Waals surface area contributed by atoms with Gasteiger partial charge in [0.25, 0.3) is 0 Å². The normalized spacial score (nSPS) is 16.9. The molecule has 1 fully saturated rings. The second kappa shape index (κ2) is 5.50. The highest BCUT2D eigenvalue weighted by atomic mass is 19.1. The fourth-order valence-electron chi connectivity index (χ4n) is 2.37. The molecule has 1 N–H and O–H groups in total. The van der Waals surface area contributed by atoms with Crippen molar-refractivity contribution in [1.82, 2.24) is 5.32 Å². The maximum absolute atomic E-state index is 13.2. The van der Waals surface area contributed by atoms with Crippen LogP contribution in [0.2, 0.25) is 0 Å². The number of hydrogen-bond acceptors (Lipinski definition) is 2. The molecule has 1 aliphatic rings. The van der Waals surface area contributed by atoms with Gasteiger partial charge < -0.3 is 10.1 Å². The highest BCUT2D eigenvalue weighted by Gasteiger charge is 2.29. The lowest BCUT2D eigenvalue weighted by molar-refractivity contribution is 0.403. The third kappa shape index (κ3) is 3.19. The molecular weight excluding hydrogens is 217 g/mol. The second-order valence-corrected chi connectivity index (χ2v) is 4.73. The van der Waals surface area contributed by atoms with E-state index < -0.39 is 0 Å². The molecule has 17 heavy (non-hydrogen) atoms. The third-order valence-electron chi connectivity index (χ3n) is 3.53. The Morgan fingerprint density at radius 2 is 2.24 bits per heavy atom. The van der Waals surface area contributed by atoms with Crippen LogP contribution in [0.4, 0.5) is 4.39 Å². The van der Waals surface area contributed by atoms with Crippen LogP contribution in [0.15, 0.2) is 18.2 Å². The molecule has 1 aromatic rings. The van der Waals surface area contributed by atoms with E-state index in [1.165, 1.54) is 18.9 Å². The van der Waals surface area contributed by atoms with Gasteiger partial charge in [-0.1, -0.05) is 0 Å². The van der Waals surface area contributed by atoms with Crippen LogP contribution in [0.25, 0.3) is 0 Å². The first-order valence-electron chi connectivity index (χ1n) is 6.24. The molecule has 0 amide bonds. The molecule has 0 heterocycles. The van der Waals surface area contributed by atoms with Crippen molar-refractivity contribution in [3.05, 3.63) is 29.6 Å². The van der Waals surface area contributed by atoms with Gasteiger partial charge in [0.2, 0.25) is 0 Å². The van der Waals surface area contributed by atoms with Crippen molar-refractivity contribution in [3.8, 4) is 5.75 Å². The first kappa shape index (κ1) is 12.4. The number of ether oxygens (including phenoxy) is 1. The lowest BCUT2D eigenvalue weighted by Gasteiger charge is -2.16. The van der Waals surface area contributed by atoms with Gasteiger partial charge in [-0.3, -0.25) is 0 Å². The molecule has 2 rings (SSSR count). The van der Waals surface area contributed by atoms with Crippen LogP contribution in [0, 0.1) is 11.7 Å². The Kier molecular flexibility index (Phi) is 4.00. The largest absolute Gasteiger partial charge is 0.496 e. The smallest absolute Gasteiger partial charge is 0.123 e. The zero-order valence-electron chi connectivity index (χ0n) is 10.5. The molecule has 94 valence electrons. The zero-order chi connectivity index (χ0) is 12.3. The summed E-state index contributed by atoms with van der Waals surface area (Å²) < 4.78 is 18.4. The molecule has 0 aromatic heterocycles. The minimum atomic E-state index is -0.187. The topological polar surface area (TPSA) is 21.3 Å². The van der Waals surface area contributed by atoms with Crippen LogP contribution < -0.4 is 10.1 Å². The van der Waals surface area contributed by atoms with Crippen LogP contribution in [0.3, 0.4) is 0 Å². The molecule has 3 heteroatoms. The summed E-state index contributed by atoms with van der Waals surface area (Å²) >= 11 is 0. The number of aryl methyl sites for hydroxylation is 1. The van der Waals surface area contributed by atoms with Crippen LogP contribution in [0.1, 0.15) is 24.8 Å². The summed E-state index contributed by atoms with van der Waals surface area (Å²) in [4.78, 5) is 0. The van der Waals surface area contributed by atoms with E-state index in [2.05, 4.69) is 5.32 Å². The number of methoxy groups -OCH3 is 1. The maximum atomic E-state index is 13.2. The van der Waals surface area contributed by atoms with E-state index in [1.54, 1.807) is 19.2 Å². The van der Waals surface area contributed by atoms with Crippen molar-refractivity contribution in [1.29, 1.82) is 0 Å². The van der Waals surface area contributed by atoms with E-state index in [9.17, 15) is 4.39 Å². The van der Waals surface area contributed by atoms with Crippen molar-refractivity contribution < 1.29 is 9.13 Å².